The van der Waals surface area contributed by atoms with Gasteiger partial charge in [-0.2, -0.15) is 9.69 Å². The van der Waals surface area contributed by atoms with Gasteiger partial charge in [-0.3, -0.25) is 14.2 Å². The van der Waals surface area contributed by atoms with Crippen LogP contribution in [0.2, 0.25) is 0 Å². The van der Waals surface area contributed by atoms with E-state index in [1.165, 1.54) is 9.24 Å². The molecule has 0 saturated carbocycles. The van der Waals surface area contributed by atoms with Crippen molar-refractivity contribution in [1.82, 2.24) is 14.6 Å². The van der Waals surface area contributed by atoms with Crippen molar-refractivity contribution in [2.45, 2.75) is 37.7 Å². The first kappa shape index (κ1) is 17.0. The van der Waals surface area contributed by atoms with Crippen molar-refractivity contribution in [3.63, 3.8) is 0 Å². The van der Waals surface area contributed by atoms with Crippen molar-refractivity contribution in [2.24, 2.45) is 7.05 Å². The number of aryl methyl sites for hydroxylation is 1. The van der Waals surface area contributed by atoms with Gasteiger partial charge in [0.1, 0.15) is 0 Å². The Balaban J connectivity index is 1.93. The van der Waals surface area contributed by atoms with Crippen LogP contribution in [0.5, 0.6) is 0 Å². The maximum atomic E-state index is 12.9. The Morgan fingerprint density at radius 1 is 1.15 bits per heavy atom. The summed E-state index contributed by atoms with van der Waals surface area (Å²) in [4.78, 5) is 37.6. The Morgan fingerprint density at radius 2 is 1.88 bits per heavy atom. The van der Waals surface area contributed by atoms with Gasteiger partial charge in [-0.1, -0.05) is 12.1 Å². The molecule has 2 saturated heterocycles. The molecule has 3 heterocycles. The zero-order valence-corrected chi connectivity index (χ0v) is 14.6. The molecular formula is C18H22N4O4. The number of nitrogens with zero attached hydrogens (tertiary/aromatic N) is 3. The van der Waals surface area contributed by atoms with Gasteiger partial charge in [0.15, 0.2) is 0 Å². The number of rotatable bonds is 2. The molecule has 4 rings (SSSR count). The molecule has 26 heavy (non-hydrogen) atoms. The van der Waals surface area contributed by atoms with E-state index in [-0.39, 0.29) is 30.6 Å². The zero-order valence-electron chi connectivity index (χ0n) is 14.6. The second kappa shape index (κ2) is 6.37. The van der Waals surface area contributed by atoms with Crippen LogP contribution in [-0.2, 0) is 16.6 Å². The summed E-state index contributed by atoms with van der Waals surface area (Å²) in [6.45, 7) is 1.29. The fourth-order valence-electron chi connectivity index (χ4n) is 4.09. The third-order valence-electron chi connectivity index (χ3n) is 5.38. The van der Waals surface area contributed by atoms with E-state index < -0.39 is 11.8 Å². The Hall–Kier alpha value is -2.45. The molecule has 8 heteroatoms. The zero-order chi connectivity index (χ0) is 18.4. The lowest BCUT2D eigenvalue weighted by Crippen LogP contribution is -2.52. The van der Waals surface area contributed by atoms with Crippen LogP contribution in [-0.4, -0.2) is 45.4 Å². The molecule has 2 amide bonds. The van der Waals surface area contributed by atoms with E-state index in [1.807, 2.05) is 6.07 Å². The van der Waals surface area contributed by atoms with Gasteiger partial charge in [-0.15, -0.1) is 0 Å². The number of β-amino-alcohol motifs (C(OH)–C–C–N with tert-alkyl or cyclic N) is 1. The van der Waals surface area contributed by atoms with Crippen LogP contribution >= 0.6 is 0 Å². The summed E-state index contributed by atoms with van der Waals surface area (Å²) in [6.07, 6.45) is 1.22. The lowest BCUT2D eigenvalue weighted by atomic mass is 9.87. The van der Waals surface area contributed by atoms with Crippen molar-refractivity contribution in [3.05, 3.63) is 34.2 Å². The van der Waals surface area contributed by atoms with Crippen LogP contribution in [0, 0.1) is 0 Å². The molecule has 0 spiro atoms. The SMILES string of the molecule is Cn1c(=O)n(N2C(=O)CCCC2=O)c2cccc([C@H]3CCNC[C@@H]3O)c21. The summed E-state index contributed by atoms with van der Waals surface area (Å²) in [5.74, 6) is -0.819. The molecule has 2 fully saturated rings. The van der Waals surface area contributed by atoms with Gasteiger partial charge >= 0.3 is 5.69 Å². The number of piperidine rings is 2. The van der Waals surface area contributed by atoms with Gasteiger partial charge in [0.25, 0.3) is 0 Å². The number of aromatic nitrogens is 2. The number of imidazole rings is 1. The van der Waals surface area contributed by atoms with Gasteiger partial charge in [0.2, 0.25) is 11.8 Å². The van der Waals surface area contributed by atoms with Crippen LogP contribution in [0.25, 0.3) is 11.0 Å². The summed E-state index contributed by atoms with van der Waals surface area (Å²) in [6, 6.07) is 5.45. The smallest absolute Gasteiger partial charge is 0.348 e. The van der Waals surface area contributed by atoms with Crippen LogP contribution in [0.15, 0.2) is 23.0 Å². The first-order chi connectivity index (χ1) is 12.5. The van der Waals surface area contributed by atoms with Crippen LogP contribution in [0.3, 0.4) is 0 Å². The summed E-state index contributed by atoms with van der Waals surface area (Å²) >= 11 is 0. The van der Waals surface area contributed by atoms with Crippen molar-refractivity contribution < 1.29 is 14.7 Å². The predicted molar refractivity (Wildman–Crippen MR) is 95.5 cm³/mol. The fraction of sp³-hybridized carbons (Fsp3) is 0.500. The number of benzene rings is 1. The molecule has 0 radical (unpaired) electrons. The maximum Gasteiger partial charge on any atom is 0.348 e. The summed E-state index contributed by atoms with van der Waals surface area (Å²) < 4.78 is 2.66. The average Bonchev–Trinajstić information content (AvgIpc) is 2.87. The first-order valence-electron chi connectivity index (χ1n) is 8.96. The molecule has 0 bridgehead atoms. The van der Waals surface area contributed by atoms with Gasteiger partial charge in [0.05, 0.1) is 17.1 Å². The van der Waals surface area contributed by atoms with Crippen molar-refractivity contribution in [1.29, 1.82) is 0 Å². The molecule has 1 aromatic carbocycles. The summed E-state index contributed by atoms with van der Waals surface area (Å²) in [5, 5.41) is 14.5. The van der Waals surface area contributed by atoms with Crippen LogP contribution in [0.4, 0.5) is 0 Å². The van der Waals surface area contributed by atoms with E-state index in [9.17, 15) is 19.5 Å². The van der Waals surface area contributed by atoms with Crippen molar-refractivity contribution >= 4 is 22.8 Å². The van der Waals surface area contributed by atoms with E-state index >= 15 is 0 Å². The quantitative estimate of drug-likeness (QED) is 0.734. The second-order valence-corrected chi connectivity index (χ2v) is 6.99. The minimum absolute atomic E-state index is 0.103. The second-order valence-electron chi connectivity index (χ2n) is 6.99. The number of carbonyl (C=O) groups is 2. The Morgan fingerprint density at radius 3 is 2.58 bits per heavy atom. The molecule has 8 nitrogen and oxygen atoms in total. The highest BCUT2D eigenvalue weighted by Gasteiger charge is 2.33. The normalized spacial score (nSPS) is 24.5. The minimum Gasteiger partial charge on any atom is -0.391 e. The topological polar surface area (TPSA) is 96.6 Å². The number of hydrogen-bond acceptors (Lipinski definition) is 5. The molecule has 2 atom stereocenters. The minimum atomic E-state index is -0.550. The Kier molecular flexibility index (Phi) is 4.16. The van der Waals surface area contributed by atoms with Gasteiger partial charge in [0, 0.05) is 32.4 Å². The van der Waals surface area contributed by atoms with Crippen molar-refractivity contribution in [3.8, 4) is 0 Å². The summed E-state index contributed by atoms with van der Waals surface area (Å²) in [5.41, 5.74) is 1.62. The number of aliphatic hydroxyl groups excluding tert-OH is 1. The molecule has 2 N–H and O–H groups in total. The van der Waals surface area contributed by atoms with Gasteiger partial charge < -0.3 is 10.4 Å². The van der Waals surface area contributed by atoms with E-state index in [2.05, 4.69) is 5.32 Å². The number of carbonyl (C=O) groups excluding carboxylic acids is 2. The average molecular weight is 358 g/mol. The van der Waals surface area contributed by atoms with Gasteiger partial charge in [-0.05, 0) is 31.0 Å². The highest BCUT2D eigenvalue weighted by Crippen LogP contribution is 2.31. The predicted octanol–water partition coefficient (Wildman–Crippen LogP) is -0.0471. The lowest BCUT2D eigenvalue weighted by Gasteiger charge is -2.29. The fourth-order valence-corrected chi connectivity index (χ4v) is 4.09. The molecular weight excluding hydrogens is 336 g/mol. The highest BCUT2D eigenvalue weighted by molar-refractivity contribution is 6.11. The van der Waals surface area contributed by atoms with Crippen molar-refractivity contribution in [2.75, 3.05) is 18.1 Å². The van der Waals surface area contributed by atoms with E-state index in [4.69, 9.17) is 0 Å². The van der Waals surface area contributed by atoms with E-state index in [0.29, 0.717) is 24.0 Å². The van der Waals surface area contributed by atoms with E-state index in [1.54, 1.807) is 19.2 Å². The molecule has 2 aliphatic heterocycles. The first-order valence-corrected chi connectivity index (χ1v) is 8.96. The molecule has 2 aromatic rings. The number of nitrogens with one attached hydrogen (secondary N) is 1. The molecule has 138 valence electrons. The Bertz CT molecular complexity index is 929. The van der Waals surface area contributed by atoms with Crippen LogP contribution in [0.1, 0.15) is 37.2 Å². The Labute approximate surface area is 150 Å². The lowest BCUT2D eigenvalue weighted by molar-refractivity contribution is -0.131. The highest BCUT2D eigenvalue weighted by atomic mass is 16.3. The molecule has 0 unspecified atom stereocenters. The number of fused-ring (bicyclic) bond motifs is 1. The number of aliphatic hydroxyl groups is 1. The summed E-state index contributed by atoms with van der Waals surface area (Å²) in [7, 11) is 1.64. The largest absolute Gasteiger partial charge is 0.391 e. The monoisotopic (exact) mass is 358 g/mol. The molecule has 1 aromatic heterocycles. The molecule has 2 aliphatic rings. The van der Waals surface area contributed by atoms with Crippen LogP contribution < -0.4 is 16.0 Å². The maximum absolute atomic E-state index is 12.9. The number of amides is 2. The van der Waals surface area contributed by atoms with Gasteiger partial charge in [-0.25, -0.2) is 4.79 Å². The third-order valence-corrected chi connectivity index (χ3v) is 5.38. The van der Waals surface area contributed by atoms with E-state index in [0.717, 1.165) is 23.5 Å². The molecule has 0 aliphatic carbocycles. The third kappa shape index (κ3) is 2.48. The number of hydrogen-bond donors (Lipinski definition) is 2. The number of imide groups is 1. The number of para-hydroxylation sites is 1. The standard InChI is InChI=1S/C18H22N4O4/c1-20-17-12(11-8-9-19-10-14(11)23)4-2-5-13(17)21(18(20)26)22-15(24)6-3-7-16(22)25/h2,4-5,11,14,19,23H,3,6-10H2,1H3/t11-,14+/m1/s1.